The van der Waals surface area contributed by atoms with Gasteiger partial charge >= 0.3 is 0 Å². The number of amides is 1. The standard InChI is InChI=1S/C11H17N3O3S/c1-14(2)11(15)9-4-5-10(13-8-9)12-6-7-18(3,16)17/h4-5,8H,6-7H2,1-3H3,(H,12,13). The van der Waals surface area contributed by atoms with Gasteiger partial charge in [-0.25, -0.2) is 13.4 Å². The maximum absolute atomic E-state index is 11.6. The van der Waals surface area contributed by atoms with Gasteiger partial charge in [-0.3, -0.25) is 4.79 Å². The van der Waals surface area contributed by atoms with Gasteiger partial charge in [0.2, 0.25) is 0 Å². The van der Waals surface area contributed by atoms with Gasteiger partial charge in [-0.1, -0.05) is 0 Å². The van der Waals surface area contributed by atoms with E-state index in [4.69, 9.17) is 0 Å². The van der Waals surface area contributed by atoms with Gasteiger partial charge in [0.1, 0.15) is 15.7 Å². The Morgan fingerprint density at radius 2 is 2.06 bits per heavy atom. The summed E-state index contributed by atoms with van der Waals surface area (Å²) >= 11 is 0. The third-order valence-electron chi connectivity index (χ3n) is 2.20. The van der Waals surface area contributed by atoms with Crippen LogP contribution in [0.2, 0.25) is 0 Å². The second kappa shape index (κ2) is 5.81. The van der Waals surface area contributed by atoms with E-state index in [-0.39, 0.29) is 11.7 Å². The second-order valence-corrected chi connectivity index (χ2v) is 6.45. The van der Waals surface area contributed by atoms with E-state index in [1.54, 1.807) is 26.2 Å². The molecule has 7 heteroatoms. The van der Waals surface area contributed by atoms with E-state index in [0.717, 1.165) is 0 Å². The molecule has 0 aliphatic heterocycles. The first-order chi connectivity index (χ1) is 8.29. The number of nitrogens with zero attached hydrogens (tertiary/aromatic N) is 2. The Hall–Kier alpha value is -1.63. The van der Waals surface area contributed by atoms with Gasteiger partial charge in [0.15, 0.2) is 0 Å². The van der Waals surface area contributed by atoms with Crippen molar-refractivity contribution in [1.29, 1.82) is 0 Å². The first kappa shape index (κ1) is 14.4. The molecule has 1 aromatic rings. The van der Waals surface area contributed by atoms with Crippen molar-refractivity contribution in [2.45, 2.75) is 0 Å². The number of anilines is 1. The Morgan fingerprint density at radius 1 is 1.39 bits per heavy atom. The Bertz CT molecular complexity index is 509. The average Bonchev–Trinajstić information content (AvgIpc) is 2.27. The molecule has 1 aromatic heterocycles. The Balaban J connectivity index is 2.58. The number of nitrogens with one attached hydrogen (secondary N) is 1. The molecule has 0 aliphatic rings. The summed E-state index contributed by atoms with van der Waals surface area (Å²) in [5.74, 6) is 0.478. The fraction of sp³-hybridized carbons (Fsp3) is 0.455. The maximum atomic E-state index is 11.6. The molecule has 0 spiro atoms. The number of carbonyl (C=O) groups excluding carboxylic acids is 1. The second-order valence-electron chi connectivity index (χ2n) is 4.19. The van der Waals surface area contributed by atoms with E-state index in [1.807, 2.05) is 0 Å². The Morgan fingerprint density at radius 3 is 2.50 bits per heavy atom. The minimum absolute atomic E-state index is 0.0487. The molecule has 100 valence electrons. The molecular formula is C11H17N3O3S. The van der Waals surface area contributed by atoms with Crippen LogP contribution in [-0.2, 0) is 9.84 Å². The van der Waals surface area contributed by atoms with E-state index < -0.39 is 9.84 Å². The lowest BCUT2D eigenvalue weighted by Gasteiger charge is -2.10. The van der Waals surface area contributed by atoms with Crippen molar-refractivity contribution in [3.8, 4) is 0 Å². The van der Waals surface area contributed by atoms with Crippen LogP contribution in [0.1, 0.15) is 10.4 Å². The first-order valence-electron chi connectivity index (χ1n) is 5.39. The zero-order valence-corrected chi connectivity index (χ0v) is 11.5. The van der Waals surface area contributed by atoms with Gasteiger partial charge in [0.25, 0.3) is 5.91 Å². The van der Waals surface area contributed by atoms with Crippen molar-refractivity contribution >= 4 is 21.6 Å². The third-order valence-corrected chi connectivity index (χ3v) is 3.14. The molecular weight excluding hydrogens is 254 g/mol. The molecule has 1 heterocycles. The topological polar surface area (TPSA) is 79.4 Å². The van der Waals surface area contributed by atoms with E-state index in [1.165, 1.54) is 17.4 Å². The lowest BCUT2D eigenvalue weighted by molar-refractivity contribution is 0.0827. The number of hydrogen-bond donors (Lipinski definition) is 1. The van der Waals surface area contributed by atoms with E-state index >= 15 is 0 Å². The Kier molecular flexibility index (Phi) is 4.66. The zero-order chi connectivity index (χ0) is 13.8. The lowest BCUT2D eigenvalue weighted by Crippen LogP contribution is -2.22. The van der Waals surface area contributed by atoms with Crippen LogP contribution >= 0.6 is 0 Å². The minimum atomic E-state index is -2.98. The molecule has 0 radical (unpaired) electrons. The molecule has 0 saturated heterocycles. The zero-order valence-electron chi connectivity index (χ0n) is 10.7. The van der Waals surface area contributed by atoms with Crippen LogP contribution in [0.15, 0.2) is 18.3 Å². The van der Waals surface area contributed by atoms with Crippen LogP contribution in [-0.4, -0.2) is 56.9 Å². The van der Waals surface area contributed by atoms with Crippen LogP contribution in [0, 0.1) is 0 Å². The van der Waals surface area contributed by atoms with E-state index in [0.29, 0.717) is 17.9 Å². The molecule has 0 aliphatic carbocycles. The van der Waals surface area contributed by atoms with Gasteiger partial charge in [0.05, 0.1) is 11.3 Å². The van der Waals surface area contributed by atoms with E-state index in [2.05, 4.69) is 10.3 Å². The molecule has 1 rings (SSSR count). The molecule has 0 atom stereocenters. The van der Waals surface area contributed by atoms with Crippen molar-refractivity contribution in [1.82, 2.24) is 9.88 Å². The number of hydrogen-bond acceptors (Lipinski definition) is 5. The third kappa shape index (κ3) is 4.70. The van der Waals surface area contributed by atoms with Crippen molar-refractivity contribution in [2.24, 2.45) is 0 Å². The highest BCUT2D eigenvalue weighted by Gasteiger charge is 2.08. The van der Waals surface area contributed by atoms with Crippen molar-refractivity contribution in [3.63, 3.8) is 0 Å². The SMILES string of the molecule is CN(C)C(=O)c1ccc(NCCS(C)(=O)=O)nc1. The van der Waals surface area contributed by atoms with Gasteiger partial charge in [-0.15, -0.1) is 0 Å². The van der Waals surface area contributed by atoms with Crippen LogP contribution in [0.4, 0.5) is 5.82 Å². The summed E-state index contributed by atoms with van der Waals surface area (Å²) in [6, 6.07) is 3.30. The van der Waals surface area contributed by atoms with Gasteiger partial charge in [-0.2, -0.15) is 0 Å². The van der Waals surface area contributed by atoms with Crippen molar-refractivity contribution in [2.75, 3.05) is 38.0 Å². The fourth-order valence-electron chi connectivity index (χ4n) is 1.25. The summed E-state index contributed by atoms with van der Waals surface area (Å²) in [4.78, 5) is 17.1. The van der Waals surface area contributed by atoms with Crippen LogP contribution in [0.5, 0.6) is 0 Å². The molecule has 0 unspecified atom stereocenters. The summed E-state index contributed by atoms with van der Waals surface area (Å²) in [7, 11) is 0.356. The molecule has 0 fully saturated rings. The number of sulfone groups is 1. The molecule has 0 saturated carbocycles. The molecule has 1 amide bonds. The average molecular weight is 271 g/mol. The van der Waals surface area contributed by atoms with Crippen molar-refractivity contribution in [3.05, 3.63) is 23.9 Å². The molecule has 6 nitrogen and oxygen atoms in total. The molecule has 0 bridgehead atoms. The summed E-state index contributed by atoms with van der Waals surface area (Å²) in [5.41, 5.74) is 0.494. The fourth-order valence-corrected chi connectivity index (χ4v) is 1.72. The summed E-state index contributed by atoms with van der Waals surface area (Å²) < 4.78 is 21.9. The predicted octanol–water partition coefficient (Wildman–Crippen LogP) is 0.240. The summed E-state index contributed by atoms with van der Waals surface area (Å²) in [6.07, 6.45) is 2.64. The number of aromatic nitrogens is 1. The molecule has 18 heavy (non-hydrogen) atoms. The summed E-state index contributed by atoms with van der Waals surface area (Å²) in [5, 5.41) is 2.88. The normalized spacial score (nSPS) is 11.1. The maximum Gasteiger partial charge on any atom is 0.254 e. The number of rotatable bonds is 5. The highest BCUT2D eigenvalue weighted by Crippen LogP contribution is 2.06. The molecule has 1 N–H and O–H groups in total. The Labute approximate surface area is 107 Å². The van der Waals surface area contributed by atoms with Crippen LogP contribution < -0.4 is 5.32 Å². The lowest BCUT2D eigenvalue weighted by atomic mass is 10.2. The van der Waals surface area contributed by atoms with Gasteiger partial charge in [-0.05, 0) is 12.1 Å². The first-order valence-corrected chi connectivity index (χ1v) is 7.45. The van der Waals surface area contributed by atoms with Crippen LogP contribution in [0.3, 0.4) is 0 Å². The smallest absolute Gasteiger partial charge is 0.254 e. The number of pyridine rings is 1. The molecule has 0 aromatic carbocycles. The van der Waals surface area contributed by atoms with Crippen molar-refractivity contribution < 1.29 is 13.2 Å². The highest BCUT2D eigenvalue weighted by molar-refractivity contribution is 7.90. The van der Waals surface area contributed by atoms with E-state index in [9.17, 15) is 13.2 Å². The summed E-state index contributed by atoms with van der Waals surface area (Å²) in [6.45, 7) is 0.298. The minimum Gasteiger partial charge on any atom is -0.369 e. The quantitative estimate of drug-likeness (QED) is 0.830. The largest absolute Gasteiger partial charge is 0.369 e. The van der Waals surface area contributed by atoms with Crippen LogP contribution in [0.25, 0.3) is 0 Å². The monoisotopic (exact) mass is 271 g/mol. The highest BCUT2D eigenvalue weighted by atomic mass is 32.2. The number of carbonyl (C=O) groups is 1. The van der Waals surface area contributed by atoms with Gasteiger partial charge in [0, 0.05) is 33.1 Å². The predicted molar refractivity (Wildman–Crippen MR) is 70.5 cm³/mol. The van der Waals surface area contributed by atoms with Gasteiger partial charge < -0.3 is 10.2 Å².